The molecule has 0 saturated carbocycles. The van der Waals surface area contributed by atoms with Crippen LogP contribution in [0.5, 0.6) is 17.2 Å². The SMILES string of the molecule is C=CC(=O)c1c(OC)cc(OC)cc1OCc1ccccc1. The second-order valence-electron chi connectivity index (χ2n) is 4.55. The zero-order valence-electron chi connectivity index (χ0n) is 12.7. The Bertz CT molecular complexity index is 662. The summed E-state index contributed by atoms with van der Waals surface area (Å²) in [5, 5.41) is 0. The molecule has 2 aromatic carbocycles. The fourth-order valence-electron chi connectivity index (χ4n) is 2.04. The maximum absolute atomic E-state index is 12.1. The van der Waals surface area contributed by atoms with Crippen LogP contribution < -0.4 is 14.2 Å². The molecule has 0 aliphatic carbocycles. The Balaban J connectivity index is 2.38. The van der Waals surface area contributed by atoms with Crippen molar-refractivity contribution in [3.05, 3.63) is 66.2 Å². The molecule has 4 heteroatoms. The van der Waals surface area contributed by atoms with Gasteiger partial charge in [0.1, 0.15) is 29.4 Å². The molecule has 0 atom stereocenters. The summed E-state index contributed by atoms with van der Waals surface area (Å²) in [5.41, 5.74) is 1.34. The van der Waals surface area contributed by atoms with Gasteiger partial charge in [0.05, 0.1) is 14.2 Å². The first-order valence-electron chi connectivity index (χ1n) is 6.79. The molecular formula is C18H18O4. The Morgan fingerprint density at radius 1 is 1.09 bits per heavy atom. The molecule has 0 bridgehead atoms. The predicted molar refractivity (Wildman–Crippen MR) is 84.8 cm³/mol. The van der Waals surface area contributed by atoms with Crippen LogP contribution in [0.2, 0.25) is 0 Å². The lowest BCUT2D eigenvalue weighted by Crippen LogP contribution is -2.05. The number of carbonyl (C=O) groups is 1. The van der Waals surface area contributed by atoms with Gasteiger partial charge in [-0.1, -0.05) is 36.9 Å². The van der Waals surface area contributed by atoms with Gasteiger partial charge in [0.25, 0.3) is 0 Å². The lowest BCUT2D eigenvalue weighted by molar-refractivity contribution is 0.104. The predicted octanol–water partition coefficient (Wildman–Crippen LogP) is 3.65. The molecule has 0 heterocycles. The van der Waals surface area contributed by atoms with Crippen LogP contribution >= 0.6 is 0 Å². The van der Waals surface area contributed by atoms with Crippen molar-refractivity contribution in [2.24, 2.45) is 0 Å². The molecule has 0 amide bonds. The molecule has 0 radical (unpaired) electrons. The van der Waals surface area contributed by atoms with E-state index < -0.39 is 0 Å². The largest absolute Gasteiger partial charge is 0.496 e. The normalized spacial score (nSPS) is 9.91. The van der Waals surface area contributed by atoms with Gasteiger partial charge in [0, 0.05) is 12.1 Å². The number of hydrogen-bond donors (Lipinski definition) is 0. The van der Waals surface area contributed by atoms with Crippen molar-refractivity contribution in [3.8, 4) is 17.2 Å². The summed E-state index contributed by atoms with van der Waals surface area (Å²) in [5.74, 6) is 1.10. The number of allylic oxidation sites excluding steroid dienone is 1. The molecule has 114 valence electrons. The number of ether oxygens (including phenoxy) is 3. The molecule has 0 saturated heterocycles. The Hall–Kier alpha value is -2.75. The minimum atomic E-state index is -0.262. The molecule has 2 aromatic rings. The average molecular weight is 298 g/mol. The Labute approximate surface area is 129 Å². The minimum Gasteiger partial charge on any atom is -0.496 e. The van der Waals surface area contributed by atoms with Gasteiger partial charge in [-0.2, -0.15) is 0 Å². The van der Waals surface area contributed by atoms with Gasteiger partial charge in [-0.05, 0) is 11.6 Å². The highest BCUT2D eigenvalue weighted by Crippen LogP contribution is 2.35. The van der Waals surface area contributed by atoms with Crippen molar-refractivity contribution in [1.82, 2.24) is 0 Å². The first kappa shape index (κ1) is 15.6. The maximum Gasteiger partial charge on any atom is 0.192 e. The van der Waals surface area contributed by atoms with Crippen LogP contribution in [0.3, 0.4) is 0 Å². The molecule has 0 aromatic heterocycles. The molecule has 0 spiro atoms. The standard InChI is InChI=1S/C18H18O4/c1-4-15(19)18-16(21-3)10-14(20-2)11-17(18)22-12-13-8-6-5-7-9-13/h4-11H,1,12H2,2-3H3. The molecule has 2 rings (SSSR count). The van der Waals surface area contributed by atoms with Crippen LogP contribution in [-0.2, 0) is 6.61 Å². The number of methoxy groups -OCH3 is 2. The number of ketones is 1. The van der Waals surface area contributed by atoms with Gasteiger partial charge in [-0.15, -0.1) is 0 Å². The summed E-state index contributed by atoms with van der Waals surface area (Å²) in [6.07, 6.45) is 1.24. The van der Waals surface area contributed by atoms with Crippen LogP contribution in [0.4, 0.5) is 0 Å². The minimum absolute atomic E-state index is 0.262. The molecule has 0 N–H and O–H groups in total. The van der Waals surface area contributed by atoms with E-state index >= 15 is 0 Å². The summed E-state index contributed by atoms with van der Waals surface area (Å²) >= 11 is 0. The van der Waals surface area contributed by atoms with Crippen LogP contribution in [0.1, 0.15) is 15.9 Å². The van der Waals surface area contributed by atoms with E-state index in [4.69, 9.17) is 14.2 Å². The summed E-state index contributed by atoms with van der Waals surface area (Å²) < 4.78 is 16.3. The van der Waals surface area contributed by atoms with E-state index in [0.29, 0.717) is 29.4 Å². The van der Waals surface area contributed by atoms with Gasteiger partial charge >= 0.3 is 0 Å². The first-order chi connectivity index (χ1) is 10.7. The smallest absolute Gasteiger partial charge is 0.192 e. The van der Waals surface area contributed by atoms with Gasteiger partial charge in [-0.3, -0.25) is 4.79 Å². The van der Waals surface area contributed by atoms with Crippen molar-refractivity contribution in [3.63, 3.8) is 0 Å². The summed E-state index contributed by atoms with van der Waals surface area (Å²) in [6.45, 7) is 3.86. The van der Waals surface area contributed by atoms with Crippen LogP contribution in [0.15, 0.2) is 55.1 Å². The van der Waals surface area contributed by atoms with E-state index in [0.717, 1.165) is 5.56 Å². The van der Waals surface area contributed by atoms with Crippen molar-refractivity contribution >= 4 is 5.78 Å². The van der Waals surface area contributed by atoms with E-state index in [9.17, 15) is 4.79 Å². The Morgan fingerprint density at radius 3 is 2.36 bits per heavy atom. The van der Waals surface area contributed by atoms with Crippen molar-refractivity contribution in [2.75, 3.05) is 14.2 Å². The second-order valence-corrected chi connectivity index (χ2v) is 4.55. The molecule has 0 aliphatic rings. The highest BCUT2D eigenvalue weighted by molar-refractivity contribution is 6.08. The zero-order chi connectivity index (χ0) is 15.9. The summed E-state index contributed by atoms with van der Waals surface area (Å²) in [7, 11) is 3.04. The highest BCUT2D eigenvalue weighted by Gasteiger charge is 2.18. The van der Waals surface area contributed by atoms with Gasteiger partial charge < -0.3 is 14.2 Å². The van der Waals surface area contributed by atoms with Crippen molar-refractivity contribution in [2.45, 2.75) is 6.61 Å². The molecule has 4 nitrogen and oxygen atoms in total. The first-order valence-corrected chi connectivity index (χ1v) is 6.79. The third-order valence-corrected chi connectivity index (χ3v) is 3.16. The third kappa shape index (κ3) is 3.47. The van der Waals surface area contributed by atoms with Crippen LogP contribution in [0, 0.1) is 0 Å². The van der Waals surface area contributed by atoms with Crippen molar-refractivity contribution in [1.29, 1.82) is 0 Å². The number of rotatable bonds is 7. The van der Waals surface area contributed by atoms with E-state index in [1.807, 2.05) is 30.3 Å². The average Bonchev–Trinajstić information content (AvgIpc) is 2.59. The number of benzene rings is 2. The third-order valence-electron chi connectivity index (χ3n) is 3.16. The monoisotopic (exact) mass is 298 g/mol. The van der Waals surface area contributed by atoms with Crippen LogP contribution in [-0.4, -0.2) is 20.0 Å². The molecular weight excluding hydrogens is 280 g/mol. The molecule has 0 unspecified atom stereocenters. The van der Waals surface area contributed by atoms with E-state index in [2.05, 4.69) is 6.58 Å². The number of carbonyl (C=O) groups excluding carboxylic acids is 1. The highest BCUT2D eigenvalue weighted by atomic mass is 16.5. The fraction of sp³-hybridized carbons (Fsp3) is 0.167. The molecule has 0 aliphatic heterocycles. The van der Waals surface area contributed by atoms with Crippen LogP contribution in [0.25, 0.3) is 0 Å². The van der Waals surface area contributed by atoms with E-state index in [-0.39, 0.29) is 5.78 Å². The van der Waals surface area contributed by atoms with E-state index in [1.54, 1.807) is 19.2 Å². The topological polar surface area (TPSA) is 44.8 Å². The zero-order valence-corrected chi connectivity index (χ0v) is 12.7. The summed E-state index contributed by atoms with van der Waals surface area (Å²) in [4.78, 5) is 12.1. The number of hydrogen-bond acceptors (Lipinski definition) is 4. The maximum atomic E-state index is 12.1. The lowest BCUT2D eigenvalue weighted by Gasteiger charge is -2.15. The Kier molecular flexibility index (Phi) is 5.20. The quantitative estimate of drug-likeness (QED) is 0.578. The fourth-order valence-corrected chi connectivity index (χ4v) is 2.04. The van der Waals surface area contributed by atoms with Crippen molar-refractivity contribution < 1.29 is 19.0 Å². The second kappa shape index (κ2) is 7.31. The Morgan fingerprint density at radius 2 is 1.77 bits per heavy atom. The molecule has 0 fully saturated rings. The van der Waals surface area contributed by atoms with E-state index in [1.165, 1.54) is 13.2 Å². The molecule has 22 heavy (non-hydrogen) atoms. The lowest BCUT2D eigenvalue weighted by atomic mass is 10.1. The van der Waals surface area contributed by atoms with Gasteiger partial charge in [0.2, 0.25) is 0 Å². The van der Waals surface area contributed by atoms with Gasteiger partial charge in [-0.25, -0.2) is 0 Å². The summed E-state index contributed by atoms with van der Waals surface area (Å²) in [6, 6.07) is 13.0. The van der Waals surface area contributed by atoms with Gasteiger partial charge in [0.15, 0.2) is 5.78 Å².